The van der Waals surface area contributed by atoms with Crippen LogP contribution in [0.1, 0.15) is 11.1 Å². The highest BCUT2D eigenvalue weighted by Gasteiger charge is 2.30. The number of thioether (sulfide) groups is 2. The average molecular weight is 348 g/mol. The van der Waals surface area contributed by atoms with Crippen molar-refractivity contribution in [3.05, 3.63) is 29.3 Å². The molecular formula is C14H21NO3S3. The summed E-state index contributed by atoms with van der Waals surface area (Å²) in [5.41, 5.74) is 1.03. The highest BCUT2D eigenvalue weighted by Crippen LogP contribution is 2.25. The smallest absolute Gasteiger partial charge is 0.240 e. The Morgan fingerprint density at radius 3 is 2.38 bits per heavy atom. The van der Waals surface area contributed by atoms with E-state index in [1.807, 2.05) is 13.8 Å². The molecule has 0 aliphatic carbocycles. The summed E-state index contributed by atoms with van der Waals surface area (Å²) in [7, 11) is -3.58. The van der Waals surface area contributed by atoms with Crippen LogP contribution in [0.5, 0.6) is 0 Å². The van der Waals surface area contributed by atoms with Crippen molar-refractivity contribution in [3.63, 3.8) is 0 Å². The minimum Gasteiger partial charge on any atom is -0.387 e. The van der Waals surface area contributed by atoms with Crippen molar-refractivity contribution in [2.75, 3.05) is 29.6 Å². The highest BCUT2D eigenvalue weighted by molar-refractivity contribution is 8.03. The van der Waals surface area contributed by atoms with Gasteiger partial charge >= 0.3 is 0 Å². The summed E-state index contributed by atoms with van der Waals surface area (Å²) in [6.07, 6.45) is 0. The minimum absolute atomic E-state index is 0.0578. The van der Waals surface area contributed by atoms with Gasteiger partial charge in [0.25, 0.3) is 0 Å². The van der Waals surface area contributed by atoms with Crippen LogP contribution in [0.15, 0.2) is 23.1 Å². The molecule has 1 saturated heterocycles. The second-order valence-corrected chi connectivity index (χ2v) is 9.38. The van der Waals surface area contributed by atoms with Crippen LogP contribution in [0.25, 0.3) is 0 Å². The van der Waals surface area contributed by atoms with E-state index in [1.54, 1.807) is 41.7 Å². The van der Waals surface area contributed by atoms with Crippen LogP contribution in [0.3, 0.4) is 0 Å². The first-order valence-corrected chi connectivity index (χ1v) is 10.6. The summed E-state index contributed by atoms with van der Waals surface area (Å²) in [6.45, 7) is 3.89. The summed E-state index contributed by atoms with van der Waals surface area (Å²) < 4.78 is 27.2. The number of hydrogen-bond acceptors (Lipinski definition) is 5. The van der Waals surface area contributed by atoms with Crippen molar-refractivity contribution in [2.45, 2.75) is 24.3 Å². The van der Waals surface area contributed by atoms with E-state index in [0.717, 1.165) is 22.6 Å². The van der Waals surface area contributed by atoms with Crippen molar-refractivity contribution in [2.24, 2.45) is 0 Å². The van der Waals surface area contributed by atoms with Gasteiger partial charge < -0.3 is 5.11 Å². The van der Waals surface area contributed by atoms with Gasteiger partial charge in [-0.1, -0.05) is 6.07 Å². The van der Waals surface area contributed by atoms with Crippen LogP contribution >= 0.6 is 23.5 Å². The SMILES string of the molecule is Cc1ccc(S(=O)(=O)NCC2(O)CSCCSC2)cc1C. The molecule has 1 aromatic rings. The normalized spacial score (nSPS) is 19.2. The van der Waals surface area contributed by atoms with Gasteiger partial charge in [-0.25, -0.2) is 13.1 Å². The third-order valence-corrected chi connectivity index (χ3v) is 7.62. The lowest BCUT2D eigenvalue weighted by atomic mass is 10.1. The van der Waals surface area contributed by atoms with Crippen LogP contribution in [0, 0.1) is 13.8 Å². The molecule has 21 heavy (non-hydrogen) atoms. The number of sulfonamides is 1. The van der Waals surface area contributed by atoms with E-state index in [9.17, 15) is 13.5 Å². The first-order chi connectivity index (χ1) is 9.82. The van der Waals surface area contributed by atoms with Gasteiger partial charge in [0.05, 0.1) is 10.5 Å². The average Bonchev–Trinajstić information content (AvgIpc) is 2.65. The molecule has 118 valence electrons. The Morgan fingerprint density at radius 1 is 1.19 bits per heavy atom. The predicted octanol–water partition coefficient (Wildman–Crippen LogP) is 1.79. The fraction of sp³-hybridized carbons (Fsp3) is 0.571. The second kappa shape index (κ2) is 6.91. The highest BCUT2D eigenvalue weighted by atomic mass is 32.2. The predicted molar refractivity (Wildman–Crippen MR) is 90.7 cm³/mol. The van der Waals surface area contributed by atoms with Gasteiger partial charge in [-0.15, -0.1) is 0 Å². The van der Waals surface area contributed by atoms with Crippen LogP contribution in [0.2, 0.25) is 0 Å². The lowest BCUT2D eigenvalue weighted by Crippen LogP contribution is -2.46. The summed E-state index contributed by atoms with van der Waals surface area (Å²) in [4.78, 5) is 0.253. The fourth-order valence-electron chi connectivity index (χ4n) is 1.98. The number of aliphatic hydroxyl groups is 1. The van der Waals surface area contributed by atoms with E-state index in [1.165, 1.54) is 0 Å². The molecule has 0 bridgehead atoms. The number of aryl methyl sites for hydroxylation is 2. The molecule has 2 N–H and O–H groups in total. The first kappa shape index (κ1) is 17.1. The molecule has 0 spiro atoms. The quantitative estimate of drug-likeness (QED) is 0.869. The van der Waals surface area contributed by atoms with Crippen molar-refractivity contribution in [1.29, 1.82) is 0 Å². The van der Waals surface area contributed by atoms with Crippen LogP contribution in [0.4, 0.5) is 0 Å². The molecule has 1 fully saturated rings. The zero-order chi connectivity index (χ0) is 15.5. The zero-order valence-electron chi connectivity index (χ0n) is 12.3. The van der Waals surface area contributed by atoms with Gasteiger partial charge in [0, 0.05) is 29.6 Å². The largest absolute Gasteiger partial charge is 0.387 e. The molecule has 1 aliphatic heterocycles. The molecule has 1 heterocycles. The third kappa shape index (κ3) is 4.63. The maximum atomic E-state index is 12.3. The molecule has 0 radical (unpaired) electrons. The van der Waals surface area contributed by atoms with Gasteiger partial charge in [-0.3, -0.25) is 0 Å². The van der Waals surface area contributed by atoms with Crippen molar-refractivity contribution in [1.82, 2.24) is 4.72 Å². The second-order valence-electron chi connectivity index (χ2n) is 5.40. The van der Waals surface area contributed by atoms with Crippen molar-refractivity contribution in [3.8, 4) is 0 Å². The van der Waals surface area contributed by atoms with E-state index in [2.05, 4.69) is 4.72 Å². The molecule has 0 atom stereocenters. The van der Waals surface area contributed by atoms with E-state index < -0.39 is 15.6 Å². The molecule has 0 saturated carbocycles. The zero-order valence-corrected chi connectivity index (χ0v) is 14.7. The summed E-state index contributed by atoms with van der Waals surface area (Å²) in [5.74, 6) is 3.12. The first-order valence-electron chi connectivity index (χ1n) is 6.77. The minimum atomic E-state index is -3.58. The van der Waals surface area contributed by atoms with Crippen LogP contribution in [-0.2, 0) is 10.0 Å². The van der Waals surface area contributed by atoms with Gasteiger partial charge in [0.15, 0.2) is 0 Å². The van der Waals surface area contributed by atoms with Crippen molar-refractivity contribution < 1.29 is 13.5 Å². The summed E-state index contributed by atoms with van der Waals surface area (Å²) in [6, 6.07) is 5.07. The number of hydrogen-bond donors (Lipinski definition) is 2. The van der Waals surface area contributed by atoms with Crippen LogP contribution < -0.4 is 4.72 Å². The van der Waals surface area contributed by atoms with Crippen LogP contribution in [-0.4, -0.2) is 48.7 Å². The lowest BCUT2D eigenvalue weighted by molar-refractivity contribution is 0.0962. The monoisotopic (exact) mass is 347 g/mol. The Hall–Kier alpha value is -0.210. The molecule has 7 heteroatoms. The maximum Gasteiger partial charge on any atom is 0.240 e. The summed E-state index contributed by atoms with van der Waals surface area (Å²) in [5, 5.41) is 10.5. The topological polar surface area (TPSA) is 66.4 Å². The Bertz CT molecular complexity index is 593. The maximum absolute atomic E-state index is 12.3. The molecule has 1 aliphatic rings. The van der Waals surface area contributed by atoms with E-state index >= 15 is 0 Å². The lowest BCUT2D eigenvalue weighted by Gasteiger charge is -2.25. The molecule has 0 amide bonds. The molecule has 1 aromatic carbocycles. The van der Waals surface area contributed by atoms with Gasteiger partial charge in [0.1, 0.15) is 0 Å². The Labute approximate surface area is 135 Å². The molecule has 2 rings (SSSR count). The third-order valence-electron chi connectivity index (χ3n) is 3.49. The van der Waals surface area contributed by atoms with Gasteiger partial charge in [0.2, 0.25) is 10.0 Å². The Morgan fingerprint density at radius 2 is 1.81 bits per heavy atom. The Balaban J connectivity index is 2.08. The number of nitrogens with one attached hydrogen (secondary N) is 1. The van der Waals surface area contributed by atoms with E-state index in [4.69, 9.17) is 0 Å². The summed E-state index contributed by atoms with van der Waals surface area (Å²) >= 11 is 3.34. The number of rotatable bonds is 4. The Kier molecular flexibility index (Phi) is 5.65. The van der Waals surface area contributed by atoms with E-state index in [-0.39, 0.29) is 11.4 Å². The van der Waals surface area contributed by atoms with Gasteiger partial charge in [-0.05, 0) is 37.1 Å². The van der Waals surface area contributed by atoms with Crippen molar-refractivity contribution >= 4 is 33.5 Å². The molecule has 0 aromatic heterocycles. The van der Waals surface area contributed by atoms with Gasteiger partial charge in [-0.2, -0.15) is 23.5 Å². The standard InChI is InChI=1S/C14H21NO3S3/c1-11-3-4-13(7-12(11)2)21(17,18)15-8-14(16)9-19-5-6-20-10-14/h3-4,7,15-16H,5-6,8-10H2,1-2H3. The number of benzene rings is 1. The molecule has 0 unspecified atom stereocenters. The molecular weight excluding hydrogens is 326 g/mol. The molecule has 4 nitrogen and oxygen atoms in total. The fourth-order valence-corrected chi connectivity index (χ4v) is 5.71. The van der Waals surface area contributed by atoms with E-state index in [0.29, 0.717) is 11.5 Å².